The summed E-state index contributed by atoms with van der Waals surface area (Å²) in [5.74, 6) is -0.694. The highest BCUT2D eigenvalue weighted by Gasteiger charge is 2.38. The van der Waals surface area contributed by atoms with E-state index in [1.165, 1.54) is 10.8 Å². The summed E-state index contributed by atoms with van der Waals surface area (Å²) >= 11 is 0. The predicted molar refractivity (Wildman–Crippen MR) is 68.2 cm³/mol. The summed E-state index contributed by atoms with van der Waals surface area (Å²) < 4.78 is 6.46. The number of nitrogens with one attached hydrogen (secondary N) is 1. The second-order valence-corrected chi connectivity index (χ2v) is 4.49. The number of nitrogens with zero attached hydrogens (tertiary/aromatic N) is 1. The van der Waals surface area contributed by atoms with Gasteiger partial charge in [0.2, 0.25) is 0 Å². The van der Waals surface area contributed by atoms with Crippen molar-refractivity contribution in [2.45, 2.75) is 32.1 Å². The van der Waals surface area contributed by atoms with E-state index in [1.807, 2.05) is 6.92 Å². The lowest BCUT2D eigenvalue weighted by Crippen LogP contribution is -2.34. The molecule has 0 aliphatic carbocycles. The van der Waals surface area contributed by atoms with Crippen LogP contribution in [-0.2, 0) is 11.3 Å². The monoisotopic (exact) mass is 284 g/mol. The van der Waals surface area contributed by atoms with Crippen molar-refractivity contribution in [1.82, 2.24) is 9.55 Å². The molecule has 0 aromatic carbocycles. The number of hydrogen-bond acceptors (Lipinski definition) is 6. The zero-order chi connectivity index (χ0) is 14.9. The molecule has 1 unspecified atom stereocenters. The average Bonchev–Trinajstić information content (AvgIpc) is 2.70. The summed E-state index contributed by atoms with van der Waals surface area (Å²) in [7, 11) is 0. The first-order valence-electron chi connectivity index (χ1n) is 6.20. The van der Waals surface area contributed by atoms with Crippen LogP contribution in [0.1, 0.15) is 25.0 Å². The Balaban J connectivity index is 2.42. The Bertz CT molecular complexity index is 644. The number of aromatic amines is 1. The van der Waals surface area contributed by atoms with Gasteiger partial charge in [0, 0.05) is 12.7 Å². The maximum Gasteiger partial charge on any atom is 0.328 e. The van der Waals surface area contributed by atoms with Gasteiger partial charge in [0.1, 0.15) is 6.61 Å². The van der Waals surface area contributed by atoms with Crippen molar-refractivity contribution in [3.05, 3.63) is 44.1 Å². The van der Waals surface area contributed by atoms with E-state index in [9.17, 15) is 19.8 Å². The highest BCUT2D eigenvalue weighted by atomic mass is 16.5. The molecule has 20 heavy (non-hydrogen) atoms. The SMILES string of the molecule is CCCn1cc([C@@H]2OC(CO)=C(O)C2O)c(=O)[nH]c1=O. The number of aliphatic hydroxyl groups excluding tert-OH is 3. The molecule has 0 saturated carbocycles. The highest BCUT2D eigenvalue weighted by Crippen LogP contribution is 2.33. The minimum absolute atomic E-state index is 0.0144. The topological polar surface area (TPSA) is 125 Å². The van der Waals surface area contributed by atoms with Gasteiger partial charge in [0.25, 0.3) is 5.56 Å². The largest absolute Gasteiger partial charge is 0.506 e. The van der Waals surface area contributed by atoms with E-state index in [1.54, 1.807) is 0 Å². The smallest absolute Gasteiger partial charge is 0.328 e. The first kappa shape index (κ1) is 14.4. The summed E-state index contributed by atoms with van der Waals surface area (Å²) in [5.41, 5.74) is -1.23. The van der Waals surface area contributed by atoms with E-state index in [0.717, 1.165) is 0 Å². The van der Waals surface area contributed by atoms with Crippen LogP contribution in [0.4, 0.5) is 0 Å². The Kier molecular flexibility index (Phi) is 3.96. The molecule has 1 aliphatic rings. The number of ether oxygens (including phenoxy) is 1. The van der Waals surface area contributed by atoms with Crippen LogP contribution in [0.15, 0.2) is 27.3 Å². The number of H-pyrrole nitrogens is 1. The standard InChI is InChI=1S/C12H16N2O6/c1-2-3-14-4-6(11(18)13-12(14)19)10-9(17)8(16)7(5-15)20-10/h4,9-10,15-17H,2-3,5H2,1H3,(H,13,18,19)/t9?,10-/m0/s1. The van der Waals surface area contributed by atoms with E-state index >= 15 is 0 Å². The second-order valence-electron chi connectivity index (χ2n) is 4.49. The molecule has 0 amide bonds. The Hall–Kier alpha value is -2.06. The van der Waals surface area contributed by atoms with E-state index in [0.29, 0.717) is 13.0 Å². The molecular formula is C12H16N2O6. The van der Waals surface area contributed by atoms with E-state index < -0.39 is 35.8 Å². The normalized spacial score (nSPS) is 22.1. The lowest BCUT2D eigenvalue weighted by molar-refractivity contribution is 0.0310. The van der Waals surface area contributed by atoms with Crippen molar-refractivity contribution >= 4 is 0 Å². The fourth-order valence-corrected chi connectivity index (χ4v) is 2.07. The van der Waals surface area contributed by atoms with Gasteiger partial charge in [-0.1, -0.05) is 6.92 Å². The Morgan fingerprint density at radius 3 is 2.70 bits per heavy atom. The minimum Gasteiger partial charge on any atom is -0.506 e. The number of rotatable bonds is 4. The van der Waals surface area contributed by atoms with Crippen molar-refractivity contribution in [3.8, 4) is 0 Å². The maximum atomic E-state index is 11.8. The highest BCUT2D eigenvalue weighted by molar-refractivity contribution is 5.22. The third-order valence-corrected chi connectivity index (χ3v) is 3.07. The molecule has 2 rings (SSSR count). The fraction of sp³-hybridized carbons (Fsp3) is 0.500. The van der Waals surface area contributed by atoms with Gasteiger partial charge >= 0.3 is 5.69 Å². The zero-order valence-electron chi connectivity index (χ0n) is 10.9. The van der Waals surface area contributed by atoms with Gasteiger partial charge in [-0.25, -0.2) is 4.79 Å². The Morgan fingerprint density at radius 2 is 2.15 bits per heavy atom. The van der Waals surface area contributed by atoms with Crippen molar-refractivity contribution < 1.29 is 20.1 Å². The van der Waals surface area contributed by atoms with Crippen molar-refractivity contribution in [3.63, 3.8) is 0 Å². The number of aryl methyl sites for hydroxylation is 1. The summed E-state index contributed by atoms with van der Waals surface area (Å²) in [6.07, 6.45) is -0.618. The molecule has 2 atom stereocenters. The van der Waals surface area contributed by atoms with Crippen LogP contribution in [-0.4, -0.2) is 37.6 Å². The molecule has 4 N–H and O–H groups in total. The van der Waals surface area contributed by atoms with Crippen LogP contribution < -0.4 is 11.2 Å². The third-order valence-electron chi connectivity index (χ3n) is 3.07. The van der Waals surface area contributed by atoms with E-state index in [2.05, 4.69) is 4.98 Å². The van der Waals surface area contributed by atoms with Gasteiger partial charge in [-0.3, -0.25) is 9.78 Å². The van der Waals surface area contributed by atoms with Crippen LogP contribution >= 0.6 is 0 Å². The molecule has 0 spiro atoms. The predicted octanol–water partition coefficient (Wildman–Crippen LogP) is -0.859. The number of aromatic nitrogens is 2. The molecule has 8 nitrogen and oxygen atoms in total. The molecule has 0 radical (unpaired) electrons. The Labute approximate surface area is 113 Å². The lowest BCUT2D eigenvalue weighted by atomic mass is 10.1. The summed E-state index contributed by atoms with van der Waals surface area (Å²) in [6.45, 7) is 1.68. The van der Waals surface area contributed by atoms with Crippen molar-refractivity contribution in [2.24, 2.45) is 0 Å². The molecule has 1 aliphatic heterocycles. The second kappa shape index (κ2) is 5.51. The van der Waals surface area contributed by atoms with E-state index in [4.69, 9.17) is 9.84 Å². The van der Waals surface area contributed by atoms with Gasteiger partial charge in [-0.15, -0.1) is 0 Å². The van der Waals surface area contributed by atoms with Crippen LogP contribution in [0.25, 0.3) is 0 Å². The molecule has 0 fully saturated rings. The molecule has 2 heterocycles. The molecule has 1 aromatic rings. The summed E-state index contributed by atoms with van der Waals surface area (Å²) in [6, 6.07) is 0. The maximum absolute atomic E-state index is 11.8. The van der Waals surface area contributed by atoms with Crippen LogP contribution in [0.5, 0.6) is 0 Å². The molecule has 0 bridgehead atoms. The lowest BCUT2D eigenvalue weighted by Gasteiger charge is -2.16. The fourth-order valence-electron chi connectivity index (χ4n) is 2.07. The average molecular weight is 284 g/mol. The number of aliphatic hydroxyl groups is 3. The van der Waals surface area contributed by atoms with Crippen molar-refractivity contribution in [1.29, 1.82) is 0 Å². The van der Waals surface area contributed by atoms with Crippen molar-refractivity contribution in [2.75, 3.05) is 6.61 Å². The third kappa shape index (κ3) is 2.35. The molecule has 8 heteroatoms. The zero-order valence-corrected chi connectivity index (χ0v) is 10.9. The minimum atomic E-state index is -1.45. The first-order chi connectivity index (χ1) is 9.49. The van der Waals surface area contributed by atoms with E-state index in [-0.39, 0.29) is 11.3 Å². The Morgan fingerprint density at radius 1 is 1.45 bits per heavy atom. The van der Waals surface area contributed by atoms with Gasteiger partial charge < -0.3 is 24.6 Å². The number of hydrogen-bond donors (Lipinski definition) is 4. The van der Waals surface area contributed by atoms with Gasteiger partial charge in [-0.2, -0.15) is 0 Å². The van der Waals surface area contributed by atoms with Gasteiger partial charge in [0.15, 0.2) is 23.7 Å². The molecule has 110 valence electrons. The van der Waals surface area contributed by atoms with Crippen LogP contribution in [0.3, 0.4) is 0 Å². The van der Waals surface area contributed by atoms with Crippen LogP contribution in [0.2, 0.25) is 0 Å². The van der Waals surface area contributed by atoms with Gasteiger partial charge in [-0.05, 0) is 6.42 Å². The quantitative estimate of drug-likeness (QED) is 0.570. The van der Waals surface area contributed by atoms with Crippen LogP contribution in [0, 0.1) is 0 Å². The summed E-state index contributed by atoms with van der Waals surface area (Å²) in [4.78, 5) is 25.5. The molecule has 1 aromatic heterocycles. The molecular weight excluding hydrogens is 268 g/mol. The first-order valence-corrected chi connectivity index (χ1v) is 6.20. The summed E-state index contributed by atoms with van der Waals surface area (Å²) in [5, 5.41) is 28.4. The molecule has 0 saturated heterocycles. The van der Waals surface area contributed by atoms with Gasteiger partial charge in [0.05, 0.1) is 5.56 Å².